The van der Waals surface area contributed by atoms with Gasteiger partial charge in [0.1, 0.15) is 0 Å². The summed E-state index contributed by atoms with van der Waals surface area (Å²) < 4.78 is 9.45. The topological polar surface area (TPSA) is 52.6 Å². The molecule has 1 heterocycles. The third-order valence-electron chi connectivity index (χ3n) is 1.11. The summed E-state index contributed by atoms with van der Waals surface area (Å²) in [6.45, 7) is 3.00. The van der Waals surface area contributed by atoms with Crippen LogP contribution in [0.3, 0.4) is 0 Å². The van der Waals surface area contributed by atoms with E-state index >= 15 is 0 Å². The first kappa shape index (κ1) is 8.52. The van der Waals surface area contributed by atoms with Crippen molar-refractivity contribution in [2.75, 3.05) is 0 Å². The maximum absolute atomic E-state index is 10.9. The van der Waals surface area contributed by atoms with Crippen molar-refractivity contribution in [2.24, 2.45) is 0 Å². The van der Waals surface area contributed by atoms with E-state index in [4.69, 9.17) is 9.47 Å². The van der Waals surface area contributed by atoms with E-state index < -0.39 is 22.6 Å². The zero-order valence-electron chi connectivity index (χ0n) is 6.09. The second kappa shape index (κ2) is 2.48. The zero-order chi connectivity index (χ0) is 8.65. The Morgan fingerprint density at radius 1 is 1.27 bits per heavy atom. The Morgan fingerprint density at radius 2 is 1.64 bits per heavy atom. The molecule has 0 unspecified atom stereocenters. The van der Waals surface area contributed by atoms with Gasteiger partial charge in [-0.2, -0.15) is 0 Å². The lowest BCUT2D eigenvalue weighted by Crippen LogP contribution is -2.46. The second-order valence-electron chi connectivity index (χ2n) is 2.60. The van der Waals surface area contributed by atoms with Gasteiger partial charge in [-0.15, -0.1) is 0 Å². The number of ether oxygens (including phenoxy) is 2. The molecule has 1 aliphatic heterocycles. The molecule has 11 heavy (non-hydrogen) atoms. The van der Waals surface area contributed by atoms with Crippen LogP contribution in [0.25, 0.3) is 0 Å². The number of hydrogen-bond donors (Lipinski definition) is 0. The van der Waals surface area contributed by atoms with Crippen molar-refractivity contribution in [1.82, 2.24) is 0 Å². The summed E-state index contributed by atoms with van der Waals surface area (Å²) in [5.41, 5.74) is 0. The number of carbonyl (C=O) groups excluding carboxylic acids is 2. The minimum absolute atomic E-state index is 0.605. The van der Waals surface area contributed by atoms with Crippen LogP contribution in [0.4, 0.5) is 0 Å². The molecule has 0 radical (unpaired) electrons. The molecular weight excluding hydrogens is 216 g/mol. The number of halogens is 1. The summed E-state index contributed by atoms with van der Waals surface area (Å²) in [6.07, 6.45) is 0. The van der Waals surface area contributed by atoms with Crippen LogP contribution >= 0.6 is 15.9 Å². The molecule has 5 heteroatoms. The van der Waals surface area contributed by atoms with Gasteiger partial charge < -0.3 is 9.47 Å². The molecule has 0 bridgehead atoms. The number of alkyl halides is 1. The first-order valence-electron chi connectivity index (χ1n) is 3.02. The van der Waals surface area contributed by atoms with Gasteiger partial charge in [-0.1, -0.05) is 15.9 Å². The molecule has 0 amide bonds. The van der Waals surface area contributed by atoms with Gasteiger partial charge >= 0.3 is 11.9 Å². The molecule has 4 nitrogen and oxygen atoms in total. The van der Waals surface area contributed by atoms with E-state index in [9.17, 15) is 9.59 Å². The van der Waals surface area contributed by atoms with Crippen molar-refractivity contribution in [2.45, 2.75) is 24.5 Å². The lowest BCUT2D eigenvalue weighted by Gasteiger charge is -2.30. The average molecular weight is 223 g/mol. The standard InChI is InChI=1S/C6H7BrO4/c1-6(2)10-4(8)3(7)5(9)11-6/h3H,1-2H3. The summed E-state index contributed by atoms with van der Waals surface area (Å²) in [5, 5.41) is 0. The molecule has 1 rings (SSSR count). The van der Waals surface area contributed by atoms with E-state index in [0.29, 0.717) is 0 Å². The van der Waals surface area contributed by atoms with Gasteiger partial charge in [0.2, 0.25) is 4.83 Å². The van der Waals surface area contributed by atoms with Crippen LogP contribution in [0.15, 0.2) is 0 Å². The Labute approximate surface area is 72.0 Å². The number of carbonyl (C=O) groups is 2. The lowest BCUT2D eigenvalue weighted by atomic mass is 10.3. The van der Waals surface area contributed by atoms with Crippen molar-refractivity contribution >= 4 is 27.9 Å². The van der Waals surface area contributed by atoms with Crippen molar-refractivity contribution in [1.29, 1.82) is 0 Å². The summed E-state index contributed by atoms with van der Waals surface area (Å²) in [6, 6.07) is 0. The summed E-state index contributed by atoms with van der Waals surface area (Å²) >= 11 is 2.82. The molecule has 1 saturated heterocycles. The molecule has 62 valence electrons. The average Bonchev–Trinajstić information content (AvgIpc) is 1.81. The molecule has 1 aliphatic rings. The molecule has 0 aromatic heterocycles. The van der Waals surface area contributed by atoms with Crippen LogP contribution in [0.1, 0.15) is 13.8 Å². The van der Waals surface area contributed by atoms with Gasteiger partial charge in [0, 0.05) is 13.8 Å². The quantitative estimate of drug-likeness (QED) is 0.342. The SMILES string of the molecule is CC1(C)OC(=O)C(Br)C(=O)O1. The molecule has 1 fully saturated rings. The normalized spacial score (nSPS) is 24.3. The highest BCUT2D eigenvalue weighted by molar-refractivity contribution is 9.10. The van der Waals surface area contributed by atoms with E-state index in [1.165, 1.54) is 13.8 Å². The number of rotatable bonds is 0. The highest BCUT2D eigenvalue weighted by Crippen LogP contribution is 2.22. The fraction of sp³-hybridized carbons (Fsp3) is 0.667. The van der Waals surface area contributed by atoms with Crippen LogP contribution in [0.2, 0.25) is 0 Å². The second-order valence-corrected chi connectivity index (χ2v) is 3.52. The third kappa shape index (κ3) is 1.71. The number of cyclic esters (lactones) is 2. The van der Waals surface area contributed by atoms with Crippen LogP contribution < -0.4 is 0 Å². The summed E-state index contributed by atoms with van der Waals surface area (Å²) in [5.74, 6) is -2.34. The predicted molar refractivity (Wildman–Crippen MR) is 39.0 cm³/mol. The molecule has 0 aliphatic carbocycles. The summed E-state index contributed by atoms with van der Waals surface area (Å²) in [7, 11) is 0. The van der Waals surface area contributed by atoms with E-state index in [2.05, 4.69) is 15.9 Å². The first-order valence-corrected chi connectivity index (χ1v) is 3.94. The Hall–Kier alpha value is -0.580. The van der Waals surface area contributed by atoms with E-state index in [1.54, 1.807) is 0 Å². The fourth-order valence-electron chi connectivity index (χ4n) is 0.705. The fourth-order valence-corrected chi connectivity index (χ4v) is 0.892. The van der Waals surface area contributed by atoms with Gasteiger partial charge in [0.25, 0.3) is 5.79 Å². The largest absolute Gasteiger partial charge is 0.422 e. The molecular formula is C6H7BrO4. The maximum atomic E-state index is 10.9. The molecule has 0 saturated carbocycles. The molecule has 0 spiro atoms. The van der Waals surface area contributed by atoms with Crippen molar-refractivity contribution in [3.63, 3.8) is 0 Å². The van der Waals surface area contributed by atoms with Crippen LogP contribution in [0.5, 0.6) is 0 Å². The van der Waals surface area contributed by atoms with Crippen LogP contribution in [-0.4, -0.2) is 22.6 Å². The first-order chi connectivity index (χ1) is 4.92. The Kier molecular flexibility index (Phi) is 1.92. The minimum Gasteiger partial charge on any atom is -0.422 e. The molecule has 0 aromatic rings. The highest BCUT2D eigenvalue weighted by Gasteiger charge is 2.41. The number of hydrogen-bond acceptors (Lipinski definition) is 4. The Morgan fingerprint density at radius 3 is 2.00 bits per heavy atom. The lowest BCUT2D eigenvalue weighted by molar-refractivity contribution is -0.229. The van der Waals surface area contributed by atoms with E-state index in [1.807, 2.05) is 0 Å². The van der Waals surface area contributed by atoms with Gasteiger partial charge in [0.05, 0.1) is 0 Å². The van der Waals surface area contributed by atoms with E-state index in [-0.39, 0.29) is 0 Å². The molecule has 0 atom stereocenters. The Bertz CT molecular complexity index is 191. The number of esters is 2. The van der Waals surface area contributed by atoms with E-state index in [0.717, 1.165) is 0 Å². The van der Waals surface area contributed by atoms with Crippen LogP contribution in [-0.2, 0) is 19.1 Å². The monoisotopic (exact) mass is 222 g/mol. The molecule has 0 N–H and O–H groups in total. The smallest absolute Gasteiger partial charge is 0.334 e. The Balaban J connectivity index is 2.78. The minimum atomic E-state index is -1.13. The predicted octanol–water partition coefficient (Wildman–Crippen LogP) is 0.586. The van der Waals surface area contributed by atoms with Crippen LogP contribution in [0, 0.1) is 0 Å². The van der Waals surface area contributed by atoms with Gasteiger partial charge in [-0.05, 0) is 0 Å². The molecule has 0 aromatic carbocycles. The highest BCUT2D eigenvalue weighted by atomic mass is 79.9. The van der Waals surface area contributed by atoms with Gasteiger partial charge in [-0.3, -0.25) is 9.59 Å². The van der Waals surface area contributed by atoms with Crippen molar-refractivity contribution in [3.05, 3.63) is 0 Å². The maximum Gasteiger partial charge on any atom is 0.334 e. The zero-order valence-corrected chi connectivity index (χ0v) is 7.67. The van der Waals surface area contributed by atoms with Crippen molar-refractivity contribution < 1.29 is 19.1 Å². The van der Waals surface area contributed by atoms with Gasteiger partial charge in [-0.25, -0.2) is 0 Å². The third-order valence-corrected chi connectivity index (χ3v) is 1.85. The van der Waals surface area contributed by atoms with Gasteiger partial charge in [0.15, 0.2) is 0 Å². The van der Waals surface area contributed by atoms with Crippen molar-refractivity contribution in [3.8, 4) is 0 Å². The summed E-state index contributed by atoms with van der Waals surface area (Å²) in [4.78, 5) is 20.7.